The Morgan fingerprint density at radius 3 is 2.33 bits per heavy atom. The minimum atomic E-state index is -0.984. The summed E-state index contributed by atoms with van der Waals surface area (Å²) < 4.78 is 29.9. The first-order valence-electron chi connectivity index (χ1n) is 14.2. The van der Waals surface area contributed by atoms with E-state index in [0.717, 1.165) is 29.9 Å². The lowest BCUT2D eigenvalue weighted by atomic mass is 9.86. The van der Waals surface area contributed by atoms with Crippen molar-refractivity contribution in [3.05, 3.63) is 65.5 Å². The van der Waals surface area contributed by atoms with Gasteiger partial charge in [-0.2, -0.15) is 0 Å². The van der Waals surface area contributed by atoms with E-state index in [1.165, 1.54) is 50.7 Å². The van der Waals surface area contributed by atoms with Crippen LogP contribution in [0, 0.1) is 11.7 Å². The Hall–Kier alpha value is -3.13. The van der Waals surface area contributed by atoms with E-state index in [1.54, 1.807) is 36.1 Å². The summed E-state index contributed by atoms with van der Waals surface area (Å²) >= 11 is 0. The molecule has 0 bridgehead atoms. The Balaban J connectivity index is 1.48. The normalized spacial score (nSPS) is 14.5. The first-order chi connectivity index (χ1) is 18.9. The fourth-order valence-corrected chi connectivity index (χ4v) is 4.95. The van der Waals surface area contributed by atoms with E-state index in [4.69, 9.17) is 14.2 Å². The van der Waals surface area contributed by atoms with E-state index in [1.807, 2.05) is 12.1 Å². The third-order valence-electron chi connectivity index (χ3n) is 7.17. The first-order valence-corrected chi connectivity index (χ1v) is 14.2. The van der Waals surface area contributed by atoms with Gasteiger partial charge in [-0.05, 0) is 54.7 Å². The number of aliphatic carboxylic acids is 1. The molecule has 3 rings (SSSR count). The quantitative estimate of drug-likeness (QED) is 0.239. The molecule has 1 aliphatic carbocycles. The van der Waals surface area contributed by atoms with Gasteiger partial charge in [0.25, 0.3) is 0 Å². The number of ether oxygens (including phenoxy) is 3. The topological polar surface area (TPSA) is 85.3 Å². The maximum absolute atomic E-state index is 13.2. The highest BCUT2D eigenvalue weighted by molar-refractivity contribution is 5.72. The summed E-state index contributed by atoms with van der Waals surface area (Å²) in [6, 6.07) is 13.2. The van der Waals surface area contributed by atoms with Crippen molar-refractivity contribution in [3.63, 3.8) is 0 Å². The molecule has 214 valence electrons. The van der Waals surface area contributed by atoms with E-state index in [9.17, 15) is 19.1 Å². The van der Waals surface area contributed by atoms with Crippen molar-refractivity contribution in [1.82, 2.24) is 4.90 Å². The number of nitrogens with zero attached hydrogens (tertiary/aromatic N) is 1. The number of halogens is 1. The van der Waals surface area contributed by atoms with Crippen LogP contribution in [-0.2, 0) is 27.3 Å². The minimum Gasteiger partial charge on any atom is -0.492 e. The largest absolute Gasteiger partial charge is 0.492 e. The SMILES string of the molecule is CCOC(Cc1ccc(OCCN(CCCCC2CCCCC2)C(=O)OCc2ccc(F)cc2)cc1)C(=O)O. The monoisotopic (exact) mass is 543 g/mol. The van der Waals surface area contributed by atoms with E-state index in [0.29, 0.717) is 32.1 Å². The van der Waals surface area contributed by atoms with Crippen LogP contribution in [0.25, 0.3) is 0 Å². The lowest BCUT2D eigenvalue weighted by Gasteiger charge is -2.24. The lowest BCUT2D eigenvalue weighted by molar-refractivity contribution is -0.149. The van der Waals surface area contributed by atoms with Gasteiger partial charge in [-0.25, -0.2) is 14.0 Å². The van der Waals surface area contributed by atoms with Crippen molar-refractivity contribution in [2.75, 3.05) is 26.3 Å². The second kappa shape index (κ2) is 16.7. The van der Waals surface area contributed by atoms with Gasteiger partial charge < -0.3 is 24.2 Å². The Morgan fingerprint density at radius 2 is 1.67 bits per heavy atom. The smallest absolute Gasteiger partial charge is 0.410 e. The van der Waals surface area contributed by atoms with E-state index in [2.05, 4.69) is 0 Å². The number of benzene rings is 2. The van der Waals surface area contributed by atoms with Crippen LogP contribution in [0.3, 0.4) is 0 Å². The number of carboxylic acids is 1. The molecule has 1 aliphatic rings. The van der Waals surface area contributed by atoms with Crippen LogP contribution in [0.4, 0.5) is 9.18 Å². The number of carbonyl (C=O) groups excluding carboxylic acids is 1. The molecule has 2 aromatic rings. The summed E-state index contributed by atoms with van der Waals surface area (Å²) in [5.74, 6) is 0.135. The van der Waals surface area contributed by atoms with Gasteiger partial charge in [-0.1, -0.05) is 69.2 Å². The average molecular weight is 544 g/mol. The lowest BCUT2D eigenvalue weighted by Crippen LogP contribution is -2.36. The molecule has 0 saturated heterocycles. The fourth-order valence-electron chi connectivity index (χ4n) is 4.95. The highest BCUT2D eigenvalue weighted by Crippen LogP contribution is 2.27. The third kappa shape index (κ3) is 11.2. The number of amides is 1. The van der Waals surface area contributed by atoms with Gasteiger partial charge in [0.15, 0.2) is 6.10 Å². The van der Waals surface area contributed by atoms with Crippen molar-refractivity contribution in [3.8, 4) is 5.75 Å². The summed E-state index contributed by atoms with van der Waals surface area (Å²) in [7, 11) is 0. The second-order valence-electron chi connectivity index (χ2n) is 10.1. The average Bonchev–Trinajstić information content (AvgIpc) is 2.95. The second-order valence-corrected chi connectivity index (χ2v) is 10.1. The number of carbonyl (C=O) groups is 2. The highest BCUT2D eigenvalue weighted by atomic mass is 19.1. The van der Waals surface area contributed by atoms with Gasteiger partial charge in [0.05, 0.1) is 6.54 Å². The molecule has 1 unspecified atom stereocenters. The molecule has 0 aliphatic heterocycles. The molecule has 1 amide bonds. The number of hydrogen-bond acceptors (Lipinski definition) is 5. The maximum Gasteiger partial charge on any atom is 0.410 e. The molecule has 1 N–H and O–H groups in total. The zero-order valence-corrected chi connectivity index (χ0v) is 23.0. The highest BCUT2D eigenvalue weighted by Gasteiger charge is 2.19. The molecule has 39 heavy (non-hydrogen) atoms. The molecule has 1 saturated carbocycles. The molecule has 8 heteroatoms. The fraction of sp³-hybridized carbons (Fsp3) is 0.548. The Bertz CT molecular complexity index is 991. The predicted molar refractivity (Wildman–Crippen MR) is 147 cm³/mol. The van der Waals surface area contributed by atoms with Crippen LogP contribution in [0.5, 0.6) is 5.75 Å². The number of rotatable bonds is 16. The predicted octanol–water partition coefficient (Wildman–Crippen LogP) is 6.63. The Morgan fingerprint density at radius 1 is 0.974 bits per heavy atom. The molecule has 0 heterocycles. The zero-order valence-electron chi connectivity index (χ0n) is 23.0. The van der Waals surface area contributed by atoms with Crippen LogP contribution in [0.15, 0.2) is 48.5 Å². The molecule has 7 nitrogen and oxygen atoms in total. The first kappa shape index (κ1) is 30.4. The van der Waals surface area contributed by atoms with E-state index in [-0.39, 0.29) is 18.8 Å². The molecule has 1 atom stereocenters. The van der Waals surface area contributed by atoms with Crippen LogP contribution in [0.1, 0.15) is 69.4 Å². The minimum absolute atomic E-state index is 0.0824. The summed E-state index contributed by atoms with van der Waals surface area (Å²) in [5, 5.41) is 9.28. The van der Waals surface area contributed by atoms with Gasteiger partial charge in [0.2, 0.25) is 0 Å². The Labute approximate surface area is 231 Å². The number of hydrogen-bond donors (Lipinski definition) is 1. The zero-order chi connectivity index (χ0) is 27.9. The van der Waals surface area contributed by atoms with Gasteiger partial charge in [-0.15, -0.1) is 0 Å². The van der Waals surface area contributed by atoms with Gasteiger partial charge in [-0.3, -0.25) is 0 Å². The molecule has 0 spiro atoms. The van der Waals surface area contributed by atoms with Crippen molar-refractivity contribution < 1.29 is 33.3 Å². The summed E-state index contributed by atoms with van der Waals surface area (Å²) in [6.45, 7) is 3.45. The van der Waals surface area contributed by atoms with Gasteiger partial charge in [0.1, 0.15) is 24.8 Å². The maximum atomic E-state index is 13.2. The van der Waals surface area contributed by atoms with Gasteiger partial charge in [0, 0.05) is 19.6 Å². The molecule has 1 fully saturated rings. The molecular formula is C31H42FNO6. The molecule has 0 aromatic heterocycles. The number of carboxylic acid groups (broad SMARTS) is 1. The van der Waals surface area contributed by atoms with Crippen LogP contribution < -0.4 is 4.74 Å². The summed E-state index contributed by atoms with van der Waals surface area (Å²) in [4.78, 5) is 25.9. The van der Waals surface area contributed by atoms with Gasteiger partial charge >= 0.3 is 12.1 Å². The number of unbranched alkanes of at least 4 members (excludes halogenated alkanes) is 1. The summed E-state index contributed by atoms with van der Waals surface area (Å²) in [5.41, 5.74) is 1.57. The van der Waals surface area contributed by atoms with Crippen molar-refractivity contribution in [2.45, 2.75) is 77.4 Å². The summed E-state index contributed by atoms with van der Waals surface area (Å²) in [6.07, 6.45) is 8.82. The van der Waals surface area contributed by atoms with Crippen LogP contribution >= 0.6 is 0 Å². The van der Waals surface area contributed by atoms with E-state index < -0.39 is 18.2 Å². The molecular weight excluding hydrogens is 501 g/mol. The van der Waals surface area contributed by atoms with Crippen LogP contribution in [0.2, 0.25) is 0 Å². The molecule has 2 aromatic carbocycles. The third-order valence-corrected chi connectivity index (χ3v) is 7.17. The Kier molecular flexibility index (Phi) is 13.1. The van der Waals surface area contributed by atoms with Crippen molar-refractivity contribution in [2.24, 2.45) is 5.92 Å². The van der Waals surface area contributed by atoms with E-state index >= 15 is 0 Å². The standard InChI is InChI=1S/C31H42FNO6/c1-2-37-29(30(34)35)22-25-13-17-28(18-14-25)38-21-20-33(19-7-6-10-24-8-4-3-5-9-24)31(36)39-23-26-11-15-27(32)16-12-26/h11-18,24,29H,2-10,19-23H2,1H3,(H,34,35). The van der Waals surface area contributed by atoms with Crippen LogP contribution in [-0.4, -0.2) is 54.5 Å². The van der Waals surface area contributed by atoms with Crippen molar-refractivity contribution >= 4 is 12.1 Å². The molecule has 0 radical (unpaired) electrons. The van der Waals surface area contributed by atoms with Crippen molar-refractivity contribution in [1.29, 1.82) is 0 Å².